The summed E-state index contributed by atoms with van der Waals surface area (Å²) in [7, 11) is 2.01. The Morgan fingerprint density at radius 1 is 1.19 bits per heavy atom. The Morgan fingerprint density at radius 3 is 2.43 bits per heavy atom. The van der Waals surface area contributed by atoms with Crippen LogP contribution in [0.5, 0.6) is 0 Å². The maximum Gasteiger partial charge on any atom is 0.106 e. The largest absolute Gasteiger partial charge is 0.387 e. The van der Waals surface area contributed by atoms with Crippen molar-refractivity contribution in [2.24, 2.45) is 13.0 Å². The van der Waals surface area contributed by atoms with E-state index >= 15 is 0 Å². The van der Waals surface area contributed by atoms with Gasteiger partial charge in [0.2, 0.25) is 0 Å². The molecule has 1 aromatic heterocycles. The van der Waals surface area contributed by atoms with Crippen LogP contribution in [-0.4, -0.2) is 26.7 Å². The number of hydrogen-bond acceptors (Lipinski definition) is 3. The molecule has 0 aliphatic heterocycles. The molecule has 1 heterocycles. The quantitative estimate of drug-likeness (QED) is 0.890. The number of nitrogens with one attached hydrogen (secondary N) is 1. The second kappa shape index (κ2) is 6.16. The van der Waals surface area contributed by atoms with E-state index in [0.717, 1.165) is 22.4 Å². The minimum atomic E-state index is -0.529. The highest BCUT2D eigenvalue weighted by Crippen LogP contribution is 2.25. The summed E-state index contributed by atoms with van der Waals surface area (Å²) >= 11 is 0. The molecule has 2 rings (SSSR count). The molecule has 4 nitrogen and oxygen atoms in total. The number of hydrogen-bond donors (Lipinski definition) is 2. The lowest BCUT2D eigenvalue weighted by Gasteiger charge is -2.29. The van der Waals surface area contributed by atoms with Gasteiger partial charge in [-0.25, -0.2) is 4.98 Å². The fourth-order valence-electron chi connectivity index (χ4n) is 2.76. The van der Waals surface area contributed by atoms with Crippen molar-refractivity contribution in [1.82, 2.24) is 14.9 Å². The summed E-state index contributed by atoms with van der Waals surface area (Å²) in [6.07, 6.45) is -0.529. The van der Waals surface area contributed by atoms with E-state index in [1.807, 2.05) is 32.2 Å². The highest BCUT2D eigenvalue weighted by molar-refractivity contribution is 5.76. The maximum absolute atomic E-state index is 10.7. The number of fused-ring (bicyclic) bond motifs is 1. The average Bonchev–Trinajstić information content (AvgIpc) is 2.69. The molecule has 2 atom stereocenters. The zero-order valence-corrected chi connectivity index (χ0v) is 13.9. The summed E-state index contributed by atoms with van der Waals surface area (Å²) in [6.45, 7) is 10.5. The Bertz CT molecular complexity index is 616. The number of aromatic nitrogens is 2. The second-order valence-corrected chi connectivity index (χ2v) is 6.50. The van der Waals surface area contributed by atoms with E-state index in [2.05, 4.69) is 42.6 Å². The number of rotatable bonds is 5. The molecule has 0 radical (unpaired) electrons. The molecular weight excluding hydrogens is 262 g/mol. The molecule has 0 aliphatic carbocycles. The Morgan fingerprint density at radius 2 is 1.86 bits per heavy atom. The van der Waals surface area contributed by atoms with Crippen molar-refractivity contribution in [2.75, 3.05) is 0 Å². The Hall–Kier alpha value is -1.39. The zero-order valence-electron chi connectivity index (χ0n) is 13.9. The third-order valence-electron chi connectivity index (χ3n) is 4.05. The number of nitrogens with zero attached hydrogens (tertiary/aromatic N) is 2. The fraction of sp³-hybridized carbons (Fsp3) is 0.588. The summed E-state index contributed by atoms with van der Waals surface area (Å²) < 4.78 is 2.07. The molecule has 0 spiro atoms. The lowest BCUT2D eigenvalue weighted by atomic mass is 9.92. The van der Waals surface area contributed by atoms with E-state index in [1.54, 1.807) is 0 Å². The van der Waals surface area contributed by atoms with Crippen LogP contribution in [0.15, 0.2) is 18.2 Å². The van der Waals surface area contributed by atoms with Gasteiger partial charge in [-0.15, -0.1) is 0 Å². The third-order valence-corrected chi connectivity index (χ3v) is 4.05. The van der Waals surface area contributed by atoms with Gasteiger partial charge in [0, 0.05) is 19.1 Å². The molecular formula is C17H27N3O. The van der Waals surface area contributed by atoms with Gasteiger partial charge < -0.3 is 15.0 Å². The monoisotopic (exact) mass is 289 g/mol. The number of imidazole rings is 1. The Labute approximate surface area is 127 Å². The zero-order chi connectivity index (χ0) is 15.7. The molecule has 21 heavy (non-hydrogen) atoms. The number of benzene rings is 1. The van der Waals surface area contributed by atoms with E-state index in [4.69, 9.17) is 0 Å². The van der Waals surface area contributed by atoms with E-state index in [1.165, 1.54) is 0 Å². The number of aliphatic hydroxyl groups is 1. The van der Waals surface area contributed by atoms with Crippen molar-refractivity contribution < 1.29 is 5.11 Å². The van der Waals surface area contributed by atoms with Gasteiger partial charge in [0.05, 0.1) is 17.1 Å². The first-order chi connectivity index (χ1) is 9.81. The van der Waals surface area contributed by atoms with Crippen molar-refractivity contribution in [2.45, 2.75) is 52.8 Å². The first kappa shape index (κ1) is 16.0. The van der Waals surface area contributed by atoms with Crippen LogP contribution in [0.2, 0.25) is 0 Å². The van der Waals surface area contributed by atoms with E-state index in [9.17, 15) is 5.11 Å². The molecule has 0 bridgehead atoms. The summed E-state index contributed by atoms with van der Waals surface area (Å²) in [5.74, 6) is 1.33. The first-order valence-corrected chi connectivity index (χ1v) is 7.68. The Kier molecular flexibility index (Phi) is 4.69. The number of aliphatic hydroxyl groups excluding tert-OH is 1. The highest BCUT2D eigenvalue weighted by Gasteiger charge is 2.25. The van der Waals surface area contributed by atoms with Crippen LogP contribution in [0.4, 0.5) is 0 Å². The van der Waals surface area contributed by atoms with Crippen LogP contribution >= 0.6 is 0 Å². The van der Waals surface area contributed by atoms with Crippen LogP contribution in [-0.2, 0) is 7.05 Å². The van der Waals surface area contributed by atoms with E-state index in [0.29, 0.717) is 12.0 Å². The van der Waals surface area contributed by atoms with Crippen LogP contribution < -0.4 is 5.32 Å². The smallest absolute Gasteiger partial charge is 0.106 e. The molecule has 116 valence electrons. The third kappa shape index (κ3) is 3.27. The van der Waals surface area contributed by atoms with Gasteiger partial charge >= 0.3 is 0 Å². The molecule has 0 aliphatic rings. The van der Waals surface area contributed by atoms with Crippen molar-refractivity contribution in [3.05, 3.63) is 29.6 Å². The van der Waals surface area contributed by atoms with E-state index < -0.39 is 6.10 Å². The maximum atomic E-state index is 10.7. The van der Waals surface area contributed by atoms with Crippen molar-refractivity contribution in [1.29, 1.82) is 0 Å². The molecule has 1 aromatic carbocycles. The van der Waals surface area contributed by atoms with Gasteiger partial charge in [0.15, 0.2) is 0 Å². The normalized spacial score (nSPS) is 15.1. The fourth-order valence-corrected chi connectivity index (χ4v) is 2.76. The summed E-state index contributed by atoms with van der Waals surface area (Å²) in [5, 5.41) is 14.2. The van der Waals surface area contributed by atoms with Crippen LogP contribution in [0, 0.1) is 12.8 Å². The van der Waals surface area contributed by atoms with Gasteiger partial charge in [-0.3, -0.25) is 0 Å². The lowest BCUT2D eigenvalue weighted by molar-refractivity contribution is 0.100. The molecule has 0 fully saturated rings. The minimum absolute atomic E-state index is 0.0345. The summed E-state index contributed by atoms with van der Waals surface area (Å²) in [6, 6.07) is 6.43. The predicted octanol–water partition coefficient (Wildman–Crippen LogP) is 2.94. The van der Waals surface area contributed by atoms with Crippen LogP contribution in [0.25, 0.3) is 11.0 Å². The minimum Gasteiger partial charge on any atom is -0.387 e. The van der Waals surface area contributed by atoms with Crippen molar-refractivity contribution >= 4 is 11.0 Å². The molecule has 2 aromatic rings. The van der Waals surface area contributed by atoms with Gasteiger partial charge in [-0.05, 0) is 30.5 Å². The lowest BCUT2D eigenvalue weighted by Crippen LogP contribution is -2.43. The van der Waals surface area contributed by atoms with Gasteiger partial charge in [-0.1, -0.05) is 33.8 Å². The van der Waals surface area contributed by atoms with Crippen molar-refractivity contribution in [3.8, 4) is 0 Å². The standard InChI is InChI=1S/C17H27N3O/c1-10(2)16(18-11(3)4)17(21)13-7-8-15-14(9-13)19-12(5)20(15)6/h7-11,16-18,21H,1-6H3. The molecule has 0 saturated heterocycles. The summed E-state index contributed by atoms with van der Waals surface area (Å²) in [4.78, 5) is 4.55. The molecule has 0 saturated carbocycles. The van der Waals surface area contributed by atoms with Gasteiger partial charge in [-0.2, -0.15) is 0 Å². The molecule has 2 unspecified atom stereocenters. The van der Waals surface area contributed by atoms with Gasteiger partial charge in [0.25, 0.3) is 0 Å². The second-order valence-electron chi connectivity index (χ2n) is 6.50. The topological polar surface area (TPSA) is 50.1 Å². The average molecular weight is 289 g/mol. The first-order valence-electron chi connectivity index (χ1n) is 7.68. The summed E-state index contributed by atoms with van der Waals surface area (Å²) in [5.41, 5.74) is 2.97. The van der Waals surface area contributed by atoms with E-state index in [-0.39, 0.29) is 6.04 Å². The number of aryl methyl sites for hydroxylation is 2. The Balaban J connectivity index is 2.35. The highest BCUT2D eigenvalue weighted by atomic mass is 16.3. The van der Waals surface area contributed by atoms with Crippen LogP contribution in [0.1, 0.15) is 45.2 Å². The predicted molar refractivity (Wildman–Crippen MR) is 87.3 cm³/mol. The molecule has 0 amide bonds. The molecule has 4 heteroatoms. The van der Waals surface area contributed by atoms with Gasteiger partial charge in [0.1, 0.15) is 5.82 Å². The SMILES string of the molecule is Cc1nc2cc(C(O)C(NC(C)C)C(C)C)ccc2n1C. The van der Waals surface area contributed by atoms with Crippen LogP contribution in [0.3, 0.4) is 0 Å². The molecule has 2 N–H and O–H groups in total. The van der Waals surface area contributed by atoms with Crippen molar-refractivity contribution in [3.63, 3.8) is 0 Å².